The average Bonchev–Trinajstić information content (AvgIpc) is 1.56. The molecule has 0 bridgehead atoms. The summed E-state index contributed by atoms with van der Waals surface area (Å²) in [6, 6.07) is 168. The monoisotopic (exact) mass is 1720 g/mol. The molecule has 0 aliphatic rings. The lowest BCUT2D eigenvalue weighted by Crippen LogP contribution is -1.94. The van der Waals surface area contributed by atoms with E-state index < -0.39 is 0 Å². The number of nitrogens with zero attached hydrogens (tertiary/aromatic N) is 7. The van der Waals surface area contributed by atoms with Gasteiger partial charge in [-0.1, -0.05) is 261 Å². The van der Waals surface area contributed by atoms with Gasteiger partial charge in [0.1, 0.15) is 0 Å². The minimum absolute atomic E-state index is 1.02. The summed E-state index contributed by atoms with van der Waals surface area (Å²) in [6.45, 7) is 0. The van der Waals surface area contributed by atoms with Crippen molar-refractivity contribution in [2.24, 2.45) is 0 Å². The predicted molar refractivity (Wildman–Crippen MR) is 563 cm³/mol. The van der Waals surface area contributed by atoms with Gasteiger partial charge in [0.05, 0.1) is 83.1 Å². The first-order valence-electron chi connectivity index (χ1n) is 45.0. The zero-order valence-electron chi connectivity index (χ0n) is 71.4. The average molecular weight is 1720 g/mol. The van der Waals surface area contributed by atoms with Crippen molar-refractivity contribution in [2.45, 2.75) is 0 Å². The molecular formula is C123H77N7S2. The van der Waals surface area contributed by atoms with Crippen LogP contribution in [0.2, 0.25) is 0 Å². The highest BCUT2D eigenvalue weighted by Crippen LogP contribution is 2.48. The van der Waals surface area contributed by atoms with E-state index in [0.717, 1.165) is 27.6 Å². The lowest BCUT2D eigenvalue weighted by Gasteiger charge is -2.11. The van der Waals surface area contributed by atoms with Gasteiger partial charge in [-0.05, 0) is 244 Å². The van der Waals surface area contributed by atoms with Crippen LogP contribution in [0.5, 0.6) is 0 Å². The van der Waals surface area contributed by atoms with Crippen LogP contribution in [0.3, 0.4) is 0 Å². The molecule has 9 heterocycles. The number of thiophene rings is 2. The van der Waals surface area contributed by atoms with Crippen molar-refractivity contribution >= 4 is 205 Å². The zero-order chi connectivity index (χ0) is 86.6. The number of aromatic nitrogens is 7. The van der Waals surface area contributed by atoms with Crippen LogP contribution in [-0.4, -0.2) is 32.4 Å². The van der Waals surface area contributed by atoms with Gasteiger partial charge in [0.2, 0.25) is 0 Å². The minimum Gasteiger partial charge on any atom is -0.309 e. The standard InChI is InChI=1S/C48H28N2S2.C40H26N2.C35H23N3/c1-5-15-37-31(11-1)35-27-29(23-25-39(35)49(37)41-17-9-21-45-47(41)33-13-3-7-19-43(33)51-45)30-24-26-40-36(28-30)32-12-2-6-16-38(32)50(40)42-18-10-22-46-48(42)34-14-4-8-20-44(34)52-46;1-2-12-31(13-3-1)41-37-16-8-6-14-33(37)35-25-29(19-22-39(35)41)30-20-23-40-36(26-30)34-15-7-9-17-38(34)42(40)32-21-18-27-10-4-5-11-28(27)24-32;1-3-10-26(11-4-1)37-31-15-8-7-14-28(31)29-22-24(17-19-32(29)37)25-18-20-33-30(23-25)35-34(16-9-21-36-35)38(33)27-12-5-2-6-13-27/h1-28H;1-26H;1-23H. The quantitative estimate of drug-likeness (QED) is 0.142. The fraction of sp³-hybridized carbons (Fsp3) is 0. The molecule has 0 N–H and O–H groups in total. The van der Waals surface area contributed by atoms with Crippen LogP contribution in [-0.2, 0) is 0 Å². The van der Waals surface area contributed by atoms with E-state index in [9.17, 15) is 0 Å². The second-order valence-corrected chi connectivity index (χ2v) is 36.6. The molecule has 29 rings (SSSR count). The number of benzene rings is 20. The Morgan fingerprint density at radius 1 is 0.159 bits per heavy atom. The Kier molecular flexibility index (Phi) is 17.3. The lowest BCUT2D eigenvalue weighted by atomic mass is 10.0. The number of para-hydroxylation sites is 8. The molecule has 0 aliphatic carbocycles. The number of pyridine rings is 1. The molecule has 0 saturated heterocycles. The van der Waals surface area contributed by atoms with E-state index in [1.54, 1.807) is 0 Å². The van der Waals surface area contributed by atoms with E-state index in [4.69, 9.17) is 4.98 Å². The molecule has 9 aromatic heterocycles. The third kappa shape index (κ3) is 11.9. The maximum absolute atomic E-state index is 4.79. The molecule has 0 spiro atoms. The maximum Gasteiger partial charge on any atom is 0.0963 e. The number of rotatable bonds is 9. The third-order valence-electron chi connectivity index (χ3n) is 27.2. The molecule has 0 saturated carbocycles. The Labute approximate surface area is 766 Å². The van der Waals surface area contributed by atoms with Crippen molar-refractivity contribution < 1.29 is 0 Å². The van der Waals surface area contributed by atoms with Gasteiger partial charge in [0.25, 0.3) is 0 Å². The first-order chi connectivity index (χ1) is 65.5. The van der Waals surface area contributed by atoms with Crippen molar-refractivity contribution in [2.75, 3.05) is 0 Å². The van der Waals surface area contributed by atoms with E-state index in [-0.39, 0.29) is 0 Å². The van der Waals surface area contributed by atoms with E-state index >= 15 is 0 Å². The Hall–Kier alpha value is -17.0. The Bertz CT molecular complexity index is 9370. The van der Waals surface area contributed by atoms with Gasteiger partial charge in [0, 0.05) is 129 Å². The fourth-order valence-corrected chi connectivity index (χ4v) is 23.6. The first-order valence-corrected chi connectivity index (χ1v) is 46.7. The summed E-state index contributed by atoms with van der Waals surface area (Å²) >= 11 is 3.74. The number of hydrogen-bond donors (Lipinski definition) is 0. The highest BCUT2D eigenvalue weighted by Gasteiger charge is 2.24. The molecular weight excluding hydrogens is 1640 g/mol. The van der Waals surface area contributed by atoms with Crippen molar-refractivity contribution in [3.63, 3.8) is 0 Å². The summed E-state index contributed by atoms with van der Waals surface area (Å²) < 4.78 is 19.7. The third-order valence-corrected chi connectivity index (χ3v) is 29.4. The van der Waals surface area contributed by atoms with Gasteiger partial charge in [-0.2, -0.15) is 0 Å². The van der Waals surface area contributed by atoms with Gasteiger partial charge < -0.3 is 27.4 Å². The Balaban J connectivity index is 0.000000103. The zero-order valence-corrected chi connectivity index (χ0v) is 73.0. The van der Waals surface area contributed by atoms with E-state index in [2.05, 4.69) is 482 Å². The topological polar surface area (TPSA) is 42.5 Å². The molecule has 616 valence electrons. The fourth-order valence-electron chi connectivity index (χ4n) is 21.3. The molecule has 0 amide bonds. The molecule has 20 aromatic carbocycles. The molecule has 132 heavy (non-hydrogen) atoms. The smallest absolute Gasteiger partial charge is 0.0963 e. The maximum atomic E-state index is 4.79. The SMILES string of the molecule is c1ccc(-n2c3ccccc3c3cc(-c4ccc5c(c4)c4ccccc4n5-c4ccc5ccccc5c4)ccc32)cc1.c1ccc(-n2c3ccccc3c3cc(-c4ccc5c(c4)c4ncccc4n5-c4ccccc4)ccc32)cc1.c1ccc2c(c1)sc1cccc(-n3c4ccccc4c4cc(-c5ccc6c(c5)c5ccccc5n6-c5cccc6sc7ccccc7c56)ccc43)c12. The van der Waals surface area contributed by atoms with E-state index in [1.807, 2.05) is 34.9 Å². The highest BCUT2D eigenvalue weighted by atomic mass is 32.1. The molecule has 9 heteroatoms. The summed E-state index contributed by atoms with van der Waals surface area (Å²) in [7, 11) is 0. The van der Waals surface area contributed by atoms with Gasteiger partial charge in [-0.25, -0.2) is 0 Å². The molecule has 0 fully saturated rings. The summed E-state index contributed by atoms with van der Waals surface area (Å²) in [4.78, 5) is 4.79. The molecule has 7 nitrogen and oxygen atoms in total. The highest BCUT2D eigenvalue weighted by molar-refractivity contribution is 7.26. The van der Waals surface area contributed by atoms with Gasteiger partial charge in [-0.15, -0.1) is 22.7 Å². The largest absolute Gasteiger partial charge is 0.309 e. The van der Waals surface area contributed by atoms with Gasteiger partial charge >= 0.3 is 0 Å². The second-order valence-electron chi connectivity index (χ2n) is 34.4. The summed E-state index contributed by atoms with van der Waals surface area (Å²) in [5.41, 5.74) is 30.0. The molecule has 0 unspecified atom stereocenters. The number of hydrogen-bond acceptors (Lipinski definition) is 3. The van der Waals surface area contributed by atoms with Gasteiger partial charge in [0.15, 0.2) is 0 Å². The summed E-state index contributed by atoms with van der Waals surface area (Å²) in [5, 5.41) is 21.6. The van der Waals surface area contributed by atoms with Crippen LogP contribution in [0.4, 0.5) is 0 Å². The summed E-state index contributed by atoms with van der Waals surface area (Å²) in [5.74, 6) is 0. The molecule has 0 radical (unpaired) electrons. The van der Waals surface area contributed by atoms with Crippen molar-refractivity contribution in [3.05, 3.63) is 467 Å². The predicted octanol–water partition coefficient (Wildman–Crippen LogP) is 33.9. The molecule has 29 aromatic rings. The number of fused-ring (bicyclic) bond motifs is 25. The normalized spacial score (nSPS) is 11.9. The van der Waals surface area contributed by atoms with Crippen LogP contribution in [0.25, 0.3) is 250 Å². The minimum atomic E-state index is 1.02. The second kappa shape index (κ2) is 30.4. The lowest BCUT2D eigenvalue weighted by molar-refractivity contribution is 1.18. The van der Waals surface area contributed by atoms with Crippen molar-refractivity contribution in [1.82, 2.24) is 32.4 Å². The molecule has 0 aliphatic heterocycles. The summed E-state index contributed by atoms with van der Waals surface area (Å²) in [6.07, 6.45) is 1.88. The van der Waals surface area contributed by atoms with Crippen LogP contribution < -0.4 is 0 Å². The van der Waals surface area contributed by atoms with Gasteiger partial charge in [-0.3, -0.25) is 4.98 Å². The first kappa shape index (κ1) is 75.2. The van der Waals surface area contributed by atoms with E-state index in [0.29, 0.717) is 0 Å². The Morgan fingerprint density at radius 2 is 0.439 bits per heavy atom. The van der Waals surface area contributed by atoms with E-state index in [1.165, 1.54) is 222 Å². The van der Waals surface area contributed by atoms with Crippen LogP contribution >= 0.6 is 22.7 Å². The van der Waals surface area contributed by atoms with Crippen LogP contribution in [0.15, 0.2) is 467 Å². The van der Waals surface area contributed by atoms with Crippen LogP contribution in [0.1, 0.15) is 0 Å². The van der Waals surface area contributed by atoms with Crippen molar-refractivity contribution in [3.8, 4) is 67.5 Å². The van der Waals surface area contributed by atoms with Crippen LogP contribution in [0, 0.1) is 0 Å². The molecule has 0 atom stereocenters. The van der Waals surface area contributed by atoms with Crippen molar-refractivity contribution in [1.29, 1.82) is 0 Å². The Morgan fingerprint density at radius 3 is 0.833 bits per heavy atom.